The monoisotopic (exact) mass is 406 g/mol. The summed E-state index contributed by atoms with van der Waals surface area (Å²) in [4.78, 5) is 18.4. The van der Waals surface area contributed by atoms with Crippen LogP contribution in [0, 0.1) is 0 Å². The molecule has 6 nitrogen and oxygen atoms in total. The lowest BCUT2D eigenvalue weighted by molar-refractivity contribution is 0.0394. The van der Waals surface area contributed by atoms with Crippen molar-refractivity contribution in [1.29, 1.82) is 0 Å². The van der Waals surface area contributed by atoms with Crippen LogP contribution in [-0.2, 0) is 9.47 Å². The molecule has 0 N–H and O–H groups in total. The van der Waals surface area contributed by atoms with E-state index in [1.807, 2.05) is 24.3 Å². The van der Waals surface area contributed by atoms with Gasteiger partial charge < -0.3 is 19.1 Å². The first kappa shape index (κ1) is 17.7. The maximum absolute atomic E-state index is 11.8. The average Bonchev–Trinajstić information content (AvgIpc) is 2.67. The van der Waals surface area contributed by atoms with Crippen molar-refractivity contribution in [2.45, 2.75) is 6.10 Å². The van der Waals surface area contributed by atoms with Crippen LogP contribution in [0.3, 0.4) is 0 Å². The summed E-state index contributed by atoms with van der Waals surface area (Å²) >= 11 is 3.45. The van der Waals surface area contributed by atoms with Gasteiger partial charge in [0, 0.05) is 17.6 Å². The highest BCUT2D eigenvalue weighted by Crippen LogP contribution is 2.28. The zero-order valence-electron chi connectivity index (χ0n) is 14.1. The van der Waals surface area contributed by atoms with Crippen molar-refractivity contribution in [2.24, 2.45) is 0 Å². The summed E-state index contributed by atoms with van der Waals surface area (Å²) in [6.07, 6.45) is -0.0325. The number of carbonyl (C=O) groups excluding carboxylic acids is 1. The van der Waals surface area contributed by atoms with Gasteiger partial charge in [-0.15, -0.1) is 0 Å². The summed E-state index contributed by atoms with van der Waals surface area (Å²) < 4.78 is 16.9. The van der Waals surface area contributed by atoms with Crippen molar-refractivity contribution in [2.75, 3.05) is 38.8 Å². The molecule has 1 fully saturated rings. The number of carbonyl (C=O) groups is 1. The van der Waals surface area contributed by atoms with E-state index in [-0.39, 0.29) is 12.0 Å². The van der Waals surface area contributed by atoms with E-state index in [1.54, 1.807) is 12.1 Å². The summed E-state index contributed by atoms with van der Waals surface area (Å²) in [5.74, 6) is 0.538. The van der Waals surface area contributed by atoms with E-state index in [1.165, 1.54) is 14.2 Å². The van der Waals surface area contributed by atoms with Crippen molar-refractivity contribution < 1.29 is 19.0 Å². The van der Waals surface area contributed by atoms with Gasteiger partial charge in [0.15, 0.2) is 0 Å². The highest BCUT2D eigenvalue weighted by atomic mass is 79.9. The average molecular weight is 407 g/mol. The summed E-state index contributed by atoms with van der Waals surface area (Å²) in [5, 5.41) is 0. The largest absolute Gasteiger partial charge is 0.480 e. The van der Waals surface area contributed by atoms with Crippen molar-refractivity contribution in [3.05, 3.63) is 52.0 Å². The number of pyridine rings is 1. The maximum Gasteiger partial charge on any atom is 0.343 e. The number of rotatable bonds is 4. The minimum absolute atomic E-state index is 0.0325. The Morgan fingerprint density at radius 2 is 2.00 bits per heavy atom. The Labute approximate surface area is 154 Å². The minimum Gasteiger partial charge on any atom is -0.480 e. The van der Waals surface area contributed by atoms with Gasteiger partial charge in [-0.25, -0.2) is 4.79 Å². The van der Waals surface area contributed by atoms with E-state index in [2.05, 4.69) is 25.8 Å². The molecule has 1 aromatic heterocycles. The molecule has 0 amide bonds. The van der Waals surface area contributed by atoms with Crippen LogP contribution in [0.2, 0.25) is 0 Å². The molecule has 2 heterocycles. The zero-order valence-corrected chi connectivity index (χ0v) is 15.7. The minimum atomic E-state index is -0.467. The summed E-state index contributed by atoms with van der Waals surface area (Å²) in [7, 11) is 2.82. The molecule has 0 saturated carbocycles. The molecule has 1 unspecified atom stereocenters. The first-order valence-corrected chi connectivity index (χ1v) is 8.67. The third-order valence-corrected chi connectivity index (χ3v) is 4.61. The topological polar surface area (TPSA) is 60.9 Å². The van der Waals surface area contributed by atoms with Crippen LogP contribution in [0.1, 0.15) is 22.0 Å². The van der Waals surface area contributed by atoms with Crippen LogP contribution in [0.4, 0.5) is 5.82 Å². The Morgan fingerprint density at radius 3 is 2.68 bits per heavy atom. The molecule has 7 heteroatoms. The molecule has 0 aliphatic carbocycles. The molecule has 2 aromatic rings. The van der Waals surface area contributed by atoms with Crippen LogP contribution >= 0.6 is 15.9 Å². The van der Waals surface area contributed by atoms with Crippen LogP contribution in [-0.4, -0.2) is 44.9 Å². The number of hydrogen-bond donors (Lipinski definition) is 0. The van der Waals surface area contributed by atoms with Crippen LogP contribution in [0.5, 0.6) is 5.88 Å². The van der Waals surface area contributed by atoms with Crippen molar-refractivity contribution >= 4 is 27.7 Å². The van der Waals surface area contributed by atoms with Gasteiger partial charge in [0.25, 0.3) is 0 Å². The van der Waals surface area contributed by atoms with Crippen molar-refractivity contribution in [1.82, 2.24) is 4.98 Å². The summed E-state index contributed by atoms with van der Waals surface area (Å²) in [6.45, 7) is 2.00. The second-order valence-electron chi connectivity index (χ2n) is 5.57. The molecular formula is C18H19BrN2O4. The zero-order chi connectivity index (χ0) is 17.8. The van der Waals surface area contributed by atoms with Gasteiger partial charge in [0.2, 0.25) is 5.88 Å². The van der Waals surface area contributed by atoms with Crippen LogP contribution in [0.15, 0.2) is 40.9 Å². The Kier molecular flexibility index (Phi) is 5.55. The van der Waals surface area contributed by atoms with Crippen molar-refractivity contribution in [3.63, 3.8) is 0 Å². The third kappa shape index (κ3) is 3.93. The van der Waals surface area contributed by atoms with Crippen LogP contribution < -0.4 is 9.64 Å². The Balaban J connectivity index is 1.81. The molecule has 1 saturated heterocycles. The fourth-order valence-electron chi connectivity index (χ4n) is 2.76. The van der Waals surface area contributed by atoms with Crippen LogP contribution in [0.25, 0.3) is 0 Å². The predicted molar refractivity (Wildman–Crippen MR) is 97.2 cm³/mol. The SMILES string of the molecule is COC(=O)c1ccc(N2CCOC(c3ccc(Br)cc3)C2)nc1OC. The third-order valence-electron chi connectivity index (χ3n) is 4.08. The maximum atomic E-state index is 11.8. The van der Waals surface area contributed by atoms with Gasteiger partial charge in [0.05, 0.1) is 20.8 Å². The Hall–Kier alpha value is -2.12. The second-order valence-corrected chi connectivity index (χ2v) is 6.49. The summed E-state index contributed by atoms with van der Waals surface area (Å²) in [5.41, 5.74) is 1.43. The van der Waals surface area contributed by atoms with Gasteiger partial charge in [-0.05, 0) is 29.8 Å². The van der Waals surface area contributed by atoms with Gasteiger partial charge in [-0.1, -0.05) is 28.1 Å². The van der Waals surface area contributed by atoms with E-state index in [4.69, 9.17) is 14.2 Å². The molecule has 132 valence electrons. The molecule has 1 aromatic carbocycles. The first-order chi connectivity index (χ1) is 12.1. The number of methoxy groups -OCH3 is 2. The number of benzene rings is 1. The molecule has 1 aliphatic rings. The number of aromatic nitrogens is 1. The lowest BCUT2D eigenvalue weighted by atomic mass is 10.1. The molecule has 0 radical (unpaired) electrons. The number of ether oxygens (including phenoxy) is 3. The highest BCUT2D eigenvalue weighted by molar-refractivity contribution is 9.10. The molecular weight excluding hydrogens is 388 g/mol. The number of nitrogens with zero attached hydrogens (tertiary/aromatic N) is 2. The van der Waals surface area contributed by atoms with Crippen molar-refractivity contribution in [3.8, 4) is 5.88 Å². The normalized spacial score (nSPS) is 17.2. The van der Waals surface area contributed by atoms with Gasteiger partial charge in [0.1, 0.15) is 17.5 Å². The van der Waals surface area contributed by atoms with E-state index < -0.39 is 5.97 Å². The Bertz CT molecular complexity index is 751. The molecule has 0 bridgehead atoms. The smallest absolute Gasteiger partial charge is 0.343 e. The number of anilines is 1. The molecule has 0 spiro atoms. The van der Waals surface area contributed by atoms with Gasteiger partial charge in [-0.3, -0.25) is 0 Å². The van der Waals surface area contributed by atoms with E-state index in [9.17, 15) is 4.79 Å². The standard InChI is InChI=1S/C18H19BrN2O4/c1-23-17-14(18(22)24-2)7-8-16(20-17)21-9-10-25-15(11-21)12-3-5-13(19)6-4-12/h3-8,15H,9-11H2,1-2H3. The number of hydrogen-bond acceptors (Lipinski definition) is 6. The quantitative estimate of drug-likeness (QED) is 0.726. The first-order valence-electron chi connectivity index (χ1n) is 7.87. The van der Waals surface area contributed by atoms with Gasteiger partial charge >= 0.3 is 5.97 Å². The van der Waals surface area contributed by atoms with E-state index in [0.717, 1.165) is 22.4 Å². The summed E-state index contributed by atoms with van der Waals surface area (Å²) in [6, 6.07) is 11.6. The lowest BCUT2D eigenvalue weighted by Crippen LogP contribution is -2.38. The molecule has 3 rings (SSSR count). The fraction of sp³-hybridized carbons (Fsp3) is 0.333. The Morgan fingerprint density at radius 1 is 1.24 bits per heavy atom. The number of halogens is 1. The predicted octanol–water partition coefficient (Wildman–Crippen LogP) is 3.22. The molecule has 1 aliphatic heterocycles. The number of esters is 1. The highest BCUT2D eigenvalue weighted by Gasteiger charge is 2.24. The molecule has 25 heavy (non-hydrogen) atoms. The molecule has 1 atom stereocenters. The van der Waals surface area contributed by atoms with E-state index in [0.29, 0.717) is 18.7 Å². The fourth-order valence-corrected chi connectivity index (χ4v) is 3.03. The van der Waals surface area contributed by atoms with E-state index >= 15 is 0 Å². The second kappa shape index (κ2) is 7.84. The van der Waals surface area contributed by atoms with Gasteiger partial charge in [-0.2, -0.15) is 4.98 Å². The number of morpholine rings is 1. The lowest BCUT2D eigenvalue weighted by Gasteiger charge is -2.34.